The molecular weight excluding hydrogens is 375 g/mol. The van der Waals surface area contributed by atoms with Gasteiger partial charge in [0.2, 0.25) is 0 Å². The van der Waals surface area contributed by atoms with E-state index in [-0.39, 0.29) is 6.61 Å². The highest BCUT2D eigenvalue weighted by molar-refractivity contribution is 6.32. The fraction of sp³-hybridized carbons (Fsp3) is 0.368. The van der Waals surface area contributed by atoms with Gasteiger partial charge in [-0.1, -0.05) is 35.3 Å². The van der Waals surface area contributed by atoms with Gasteiger partial charge < -0.3 is 25.2 Å². The van der Waals surface area contributed by atoms with Gasteiger partial charge in [-0.05, 0) is 35.4 Å². The average Bonchev–Trinajstić information content (AvgIpc) is 2.63. The Labute approximate surface area is 164 Å². The SMILES string of the molecule is COc1cc(CNCCNCCO)cc(Cl)c1OCc1cccc(Cl)c1. The van der Waals surface area contributed by atoms with Crippen molar-refractivity contribution in [1.29, 1.82) is 0 Å². The smallest absolute Gasteiger partial charge is 0.180 e. The van der Waals surface area contributed by atoms with Gasteiger partial charge in [-0.15, -0.1) is 0 Å². The van der Waals surface area contributed by atoms with Gasteiger partial charge in [-0.2, -0.15) is 0 Å². The van der Waals surface area contributed by atoms with Crippen LogP contribution in [0.15, 0.2) is 36.4 Å². The van der Waals surface area contributed by atoms with Gasteiger partial charge >= 0.3 is 0 Å². The predicted molar refractivity (Wildman–Crippen MR) is 105 cm³/mol. The van der Waals surface area contributed by atoms with Gasteiger partial charge in [-0.3, -0.25) is 0 Å². The first-order chi connectivity index (χ1) is 12.6. The third-order valence-corrected chi connectivity index (χ3v) is 4.17. The predicted octanol–water partition coefficient (Wildman–Crippen LogP) is 3.25. The molecule has 0 radical (unpaired) electrons. The van der Waals surface area contributed by atoms with E-state index >= 15 is 0 Å². The Balaban J connectivity index is 1.95. The van der Waals surface area contributed by atoms with Crippen LogP contribution in [0.3, 0.4) is 0 Å². The monoisotopic (exact) mass is 398 g/mol. The van der Waals surface area contributed by atoms with Crippen molar-refractivity contribution in [3.8, 4) is 11.5 Å². The van der Waals surface area contributed by atoms with Crippen LogP contribution in [0.1, 0.15) is 11.1 Å². The molecule has 142 valence electrons. The van der Waals surface area contributed by atoms with Crippen LogP contribution in [0.5, 0.6) is 11.5 Å². The second-order valence-corrected chi connectivity index (χ2v) is 6.52. The van der Waals surface area contributed by atoms with Crippen molar-refractivity contribution in [2.75, 3.05) is 33.4 Å². The molecule has 2 aromatic carbocycles. The van der Waals surface area contributed by atoms with Crippen LogP contribution in [-0.4, -0.2) is 38.5 Å². The zero-order valence-corrected chi connectivity index (χ0v) is 16.2. The number of nitrogens with one attached hydrogen (secondary N) is 2. The fourth-order valence-electron chi connectivity index (χ4n) is 2.41. The number of methoxy groups -OCH3 is 1. The molecule has 0 bridgehead atoms. The largest absolute Gasteiger partial charge is 0.493 e. The minimum Gasteiger partial charge on any atom is -0.493 e. The van der Waals surface area contributed by atoms with Crippen molar-refractivity contribution >= 4 is 23.2 Å². The molecular formula is C19H24Cl2N2O3. The van der Waals surface area contributed by atoms with Crippen LogP contribution in [0, 0.1) is 0 Å². The first-order valence-corrected chi connectivity index (χ1v) is 9.15. The van der Waals surface area contributed by atoms with Crippen LogP contribution >= 0.6 is 23.2 Å². The van der Waals surface area contributed by atoms with Crippen molar-refractivity contribution in [2.45, 2.75) is 13.2 Å². The van der Waals surface area contributed by atoms with Crippen molar-refractivity contribution in [3.05, 3.63) is 57.6 Å². The molecule has 2 rings (SSSR count). The lowest BCUT2D eigenvalue weighted by atomic mass is 10.2. The lowest BCUT2D eigenvalue weighted by Crippen LogP contribution is -2.28. The first-order valence-electron chi connectivity index (χ1n) is 8.40. The Morgan fingerprint density at radius 1 is 1.00 bits per heavy atom. The van der Waals surface area contributed by atoms with E-state index in [1.54, 1.807) is 7.11 Å². The van der Waals surface area contributed by atoms with Crippen molar-refractivity contribution in [2.24, 2.45) is 0 Å². The molecule has 0 fully saturated rings. The topological polar surface area (TPSA) is 62.8 Å². The molecule has 0 spiro atoms. The highest BCUT2D eigenvalue weighted by Crippen LogP contribution is 2.37. The number of aliphatic hydroxyl groups excluding tert-OH is 1. The number of rotatable bonds is 11. The summed E-state index contributed by atoms with van der Waals surface area (Å²) in [5.41, 5.74) is 1.96. The van der Waals surface area contributed by atoms with E-state index in [0.29, 0.717) is 41.2 Å². The number of halogens is 2. The van der Waals surface area contributed by atoms with E-state index in [1.165, 1.54) is 0 Å². The van der Waals surface area contributed by atoms with E-state index in [4.69, 9.17) is 37.8 Å². The van der Waals surface area contributed by atoms with E-state index in [1.807, 2.05) is 36.4 Å². The third-order valence-electron chi connectivity index (χ3n) is 3.66. The third kappa shape index (κ3) is 6.67. The number of aliphatic hydroxyl groups is 1. The average molecular weight is 399 g/mol. The maximum atomic E-state index is 8.72. The van der Waals surface area contributed by atoms with Gasteiger partial charge in [0.1, 0.15) is 6.61 Å². The standard InChI is InChI=1S/C19H24Cl2N2O3/c1-25-18-11-15(12-23-6-5-22-7-8-24)10-17(21)19(18)26-13-14-3-2-4-16(20)9-14/h2-4,9-11,22-24H,5-8,12-13H2,1H3. The molecule has 0 saturated heterocycles. The summed E-state index contributed by atoms with van der Waals surface area (Å²) >= 11 is 12.4. The molecule has 5 nitrogen and oxygen atoms in total. The summed E-state index contributed by atoms with van der Waals surface area (Å²) in [5.74, 6) is 1.11. The van der Waals surface area contributed by atoms with Gasteiger partial charge in [0.05, 0.1) is 18.7 Å². The van der Waals surface area contributed by atoms with Crippen LogP contribution in [-0.2, 0) is 13.2 Å². The molecule has 0 amide bonds. The van der Waals surface area contributed by atoms with Crippen molar-refractivity contribution in [3.63, 3.8) is 0 Å². The highest BCUT2D eigenvalue weighted by Gasteiger charge is 2.12. The number of benzene rings is 2. The van der Waals surface area contributed by atoms with Crippen LogP contribution in [0.25, 0.3) is 0 Å². The molecule has 26 heavy (non-hydrogen) atoms. The van der Waals surface area contributed by atoms with Crippen molar-refractivity contribution in [1.82, 2.24) is 10.6 Å². The summed E-state index contributed by atoms with van der Waals surface area (Å²) in [4.78, 5) is 0. The van der Waals surface area contributed by atoms with E-state index in [2.05, 4.69) is 10.6 Å². The Hall–Kier alpha value is -1.50. The molecule has 0 aromatic heterocycles. The molecule has 0 saturated carbocycles. The van der Waals surface area contributed by atoms with Crippen molar-refractivity contribution < 1.29 is 14.6 Å². The summed E-state index contributed by atoms with van der Waals surface area (Å²) in [6.07, 6.45) is 0. The van der Waals surface area contributed by atoms with Crippen LogP contribution < -0.4 is 20.1 Å². The quantitative estimate of drug-likeness (QED) is 0.507. The number of hydrogen-bond donors (Lipinski definition) is 3. The maximum Gasteiger partial charge on any atom is 0.180 e. The fourth-order valence-corrected chi connectivity index (χ4v) is 2.91. The highest BCUT2D eigenvalue weighted by atomic mass is 35.5. The van der Waals surface area contributed by atoms with Crippen LogP contribution in [0.2, 0.25) is 10.0 Å². The molecule has 7 heteroatoms. The molecule has 0 unspecified atom stereocenters. The summed E-state index contributed by atoms with van der Waals surface area (Å²) < 4.78 is 11.3. The van der Waals surface area contributed by atoms with Crippen LogP contribution in [0.4, 0.5) is 0 Å². The second-order valence-electron chi connectivity index (χ2n) is 5.68. The zero-order chi connectivity index (χ0) is 18.8. The van der Waals surface area contributed by atoms with E-state index < -0.39 is 0 Å². The maximum absolute atomic E-state index is 8.72. The minimum absolute atomic E-state index is 0.142. The van der Waals surface area contributed by atoms with Gasteiger partial charge in [0.15, 0.2) is 11.5 Å². The van der Waals surface area contributed by atoms with Gasteiger partial charge in [0.25, 0.3) is 0 Å². The summed E-state index contributed by atoms with van der Waals surface area (Å²) in [5, 5.41) is 16.3. The molecule has 0 aliphatic carbocycles. The molecule has 0 atom stereocenters. The molecule has 0 heterocycles. The molecule has 3 N–H and O–H groups in total. The molecule has 0 aliphatic rings. The molecule has 2 aromatic rings. The lowest BCUT2D eigenvalue weighted by Gasteiger charge is -2.15. The van der Waals surface area contributed by atoms with E-state index in [9.17, 15) is 0 Å². The Morgan fingerprint density at radius 2 is 1.81 bits per heavy atom. The van der Waals surface area contributed by atoms with E-state index in [0.717, 1.165) is 24.2 Å². The summed E-state index contributed by atoms with van der Waals surface area (Å²) in [6.45, 7) is 3.32. The zero-order valence-electron chi connectivity index (χ0n) is 14.7. The minimum atomic E-state index is 0.142. The second kappa shape index (κ2) is 11.3. The summed E-state index contributed by atoms with van der Waals surface area (Å²) in [6, 6.07) is 11.3. The number of ether oxygens (including phenoxy) is 2. The number of hydrogen-bond acceptors (Lipinski definition) is 5. The van der Waals surface area contributed by atoms with Gasteiger partial charge in [0, 0.05) is 31.2 Å². The Morgan fingerprint density at radius 3 is 2.54 bits per heavy atom. The first kappa shape index (κ1) is 20.8. The van der Waals surface area contributed by atoms with Gasteiger partial charge in [-0.25, -0.2) is 0 Å². The summed E-state index contributed by atoms with van der Waals surface area (Å²) in [7, 11) is 1.59. The molecule has 0 aliphatic heterocycles. The lowest BCUT2D eigenvalue weighted by molar-refractivity contribution is 0.284. The Bertz CT molecular complexity index is 698. The Kier molecular flexibility index (Phi) is 9.01. The normalized spacial score (nSPS) is 10.8.